The molecule has 1 rings (SSSR count). The third-order valence-corrected chi connectivity index (χ3v) is 3.52. The average Bonchev–Trinajstić information content (AvgIpc) is 2.82. The topological polar surface area (TPSA) is 50.4 Å². The summed E-state index contributed by atoms with van der Waals surface area (Å²) < 4.78 is 4.88. The zero-order valence-electron chi connectivity index (χ0n) is 10.5. The molecule has 5 heteroatoms. The van der Waals surface area contributed by atoms with Crippen molar-refractivity contribution in [2.45, 2.75) is 25.9 Å². The number of amides is 1. The second kappa shape index (κ2) is 7.42. The van der Waals surface area contributed by atoms with Gasteiger partial charge >= 0.3 is 0 Å². The molecule has 2 N–H and O–H groups in total. The van der Waals surface area contributed by atoms with Crippen molar-refractivity contribution >= 4 is 17.2 Å². The molecule has 0 saturated carbocycles. The van der Waals surface area contributed by atoms with Crippen LogP contribution in [0.4, 0.5) is 0 Å². The summed E-state index contributed by atoms with van der Waals surface area (Å²) in [6.45, 7) is 5.02. The predicted octanol–water partition coefficient (Wildman–Crippen LogP) is 1.55. The maximum atomic E-state index is 11.7. The first-order chi connectivity index (χ1) is 8.15. The lowest BCUT2D eigenvalue weighted by Gasteiger charge is -2.18. The Morgan fingerprint density at radius 2 is 2.29 bits per heavy atom. The number of methoxy groups -OCH3 is 1. The van der Waals surface area contributed by atoms with E-state index in [4.69, 9.17) is 4.74 Å². The molecule has 1 aromatic heterocycles. The molecular formula is C12H20N2O2S. The lowest BCUT2D eigenvalue weighted by Crippen LogP contribution is -2.43. The molecule has 0 aromatic carbocycles. The van der Waals surface area contributed by atoms with E-state index >= 15 is 0 Å². The Balaban J connectivity index is 2.32. The molecule has 2 atom stereocenters. The number of hydrogen-bond donors (Lipinski definition) is 2. The Labute approximate surface area is 106 Å². The van der Waals surface area contributed by atoms with Gasteiger partial charge in [-0.05, 0) is 25.3 Å². The molecule has 0 aliphatic carbocycles. The lowest BCUT2D eigenvalue weighted by atomic mass is 10.2. The van der Waals surface area contributed by atoms with Crippen LogP contribution in [0.1, 0.15) is 24.8 Å². The highest BCUT2D eigenvalue weighted by Gasteiger charge is 2.15. The summed E-state index contributed by atoms with van der Waals surface area (Å²) in [4.78, 5) is 12.9. The maximum Gasteiger partial charge on any atom is 0.236 e. The van der Waals surface area contributed by atoms with Gasteiger partial charge in [0.15, 0.2) is 0 Å². The third-order valence-electron chi connectivity index (χ3n) is 2.47. The molecule has 1 amide bonds. The molecule has 96 valence electrons. The van der Waals surface area contributed by atoms with E-state index in [1.807, 2.05) is 18.4 Å². The van der Waals surface area contributed by atoms with Crippen molar-refractivity contribution < 1.29 is 9.53 Å². The van der Waals surface area contributed by atoms with Crippen LogP contribution in [0.5, 0.6) is 0 Å². The Morgan fingerprint density at radius 3 is 2.88 bits per heavy atom. The van der Waals surface area contributed by atoms with E-state index in [9.17, 15) is 4.79 Å². The fourth-order valence-corrected chi connectivity index (χ4v) is 2.24. The SMILES string of the molecule is COCCNC(=O)C(C)NC(C)c1cccs1. The van der Waals surface area contributed by atoms with Crippen molar-refractivity contribution in [3.8, 4) is 0 Å². The normalized spacial score (nSPS) is 14.3. The average molecular weight is 256 g/mol. The van der Waals surface area contributed by atoms with Gasteiger partial charge in [0.05, 0.1) is 12.6 Å². The summed E-state index contributed by atoms with van der Waals surface area (Å²) in [6, 6.07) is 4.07. The maximum absolute atomic E-state index is 11.7. The van der Waals surface area contributed by atoms with Crippen LogP contribution in [0.3, 0.4) is 0 Å². The van der Waals surface area contributed by atoms with Crippen molar-refractivity contribution in [3.05, 3.63) is 22.4 Å². The highest BCUT2D eigenvalue weighted by atomic mass is 32.1. The van der Waals surface area contributed by atoms with E-state index in [0.717, 1.165) is 0 Å². The van der Waals surface area contributed by atoms with Crippen molar-refractivity contribution in [3.63, 3.8) is 0 Å². The highest BCUT2D eigenvalue weighted by Crippen LogP contribution is 2.18. The molecule has 0 radical (unpaired) electrons. The van der Waals surface area contributed by atoms with Crippen LogP contribution in [0.25, 0.3) is 0 Å². The van der Waals surface area contributed by atoms with E-state index in [0.29, 0.717) is 13.2 Å². The van der Waals surface area contributed by atoms with E-state index < -0.39 is 0 Å². The van der Waals surface area contributed by atoms with E-state index in [1.54, 1.807) is 18.4 Å². The quantitative estimate of drug-likeness (QED) is 0.728. The van der Waals surface area contributed by atoms with Crippen molar-refractivity contribution in [1.29, 1.82) is 0 Å². The molecule has 0 fully saturated rings. The number of thiophene rings is 1. The standard InChI is InChI=1S/C12H20N2O2S/c1-9(11-5-4-8-17-11)14-10(2)12(15)13-6-7-16-3/h4-5,8-10,14H,6-7H2,1-3H3,(H,13,15). The second-order valence-corrected chi connectivity index (χ2v) is 4.89. The minimum Gasteiger partial charge on any atom is -0.383 e. The molecular weight excluding hydrogens is 236 g/mol. The molecule has 0 aliphatic heterocycles. The number of nitrogens with one attached hydrogen (secondary N) is 2. The highest BCUT2D eigenvalue weighted by molar-refractivity contribution is 7.10. The van der Waals surface area contributed by atoms with Gasteiger partial charge in [-0.25, -0.2) is 0 Å². The predicted molar refractivity (Wildman–Crippen MR) is 70.2 cm³/mol. The summed E-state index contributed by atoms with van der Waals surface area (Å²) in [5.41, 5.74) is 0. The van der Waals surface area contributed by atoms with E-state index in [-0.39, 0.29) is 18.0 Å². The van der Waals surface area contributed by atoms with Crippen LogP contribution in [-0.2, 0) is 9.53 Å². The van der Waals surface area contributed by atoms with Crippen molar-refractivity contribution in [1.82, 2.24) is 10.6 Å². The molecule has 0 saturated heterocycles. The first-order valence-corrected chi connectivity index (χ1v) is 6.59. The minimum atomic E-state index is -0.205. The summed E-state index contributed by atoms with van der Waals surface area (Å²) in [7, 11) is 1.62. The zero-order valence-corrected chi connectivity index (χ0v) is 11.3. The van der Waals surface area contributed by atoms with Crippen LogP contribution >= 0.6 is 11.3 Å². The van der Waals surface area contributed by atoms with Crippen molar-refractivity contribution in [2.75, 3.05) is 20.3 Å². The molecule has 4 nitrogen and oxygen atoms in total. The van der Waals surface area contributed by atoms with Gasteiger partial charge in [-0.2, -0.15) is 0 Å². The first-order valence-electron chi connectivity index (χ1n) is 5.71. The van der Waals surface area contributed by atoms with Gasteiger partial charge in [0, 0.05) is 24.6 Å². The fourth-order valence-electron chi connectivity index (χ4n) is 1.50. The van der Waals surface area contributed by atoms with Gasteiger partial charge in [0.1, 0.15) is 0 Å². The smallest absolute Gasteiger partial charge is 0.236 e. The Hall–Kier alpha value is -0.910. The molecule has 2 unspecified atom stereocenters. The molecule has 0 aliphatic rings. The Morgan fingerprint density at radius 1 is 1.53 bits per heavy atom. The van der Waals surface area contributed by atoms with Crippen LogP contribution < -0.4 is 10.6 Å². The first kappa shape index (κ1) is 14.2. The van der Waals surface area contributed by atoms with Crippen LogP contribution in [-0.4, -0.2) is 32.2 Å². The molecule has 1 aromatic rings. The second-order valence-electron chi connectivity index (χ2n) is 3.91. The van der Waals surface area contributed by atoms with Gasteiger partial charge < -0.3 is 10.1 Å². The number of hydrogen-bond acceptors (Lipinski definition) is 4. The van der Waals surface area contributed by atoms with E-state index in [2.05, 4.69) is 23.6 Å². The minimum absolute atomic E-state index is 0.00505. The molecule has 1 heterocycles. The monoisotopic (exact) mass is 256 g/mol. The van der Waals surface area contributed by atoms with Crippen LogP contribution in [0.15, 0.2) is 17.5 Å². The summed E-state index contributed by atoms with van der Waals surface area (Å²) in [6.07, 6.45) is 0. The number of carbonyl (C=O) groups is 1. The van der Waals surface area contributed by atoms with Gasteiger partial charge in [-0.15, -0.1) is 11.3 Å². The zero-order chi connectivity index (χ0) is 12.7. The summed E-state index contributed by atoms with van der Waals surface area (Å²) >= 11 is 1.69. The van der Waals surface area contributed by atoms with Gasteiger partial charge in [0.25, 0.3) is 0 Å². The third kappa shape index (κ3) is 4.85. The van der Waals surface area contributed by atoms with Crippen LogP contribution in [0, 0.1) is 0 Å². The van der Waals surface area contributed by atoms with Crippen molar-refractivity contribution in [2.24, 2.45) is 0 Å². The van der Waals surface area contributed by atoms with Gasteiger partial charge in [-0.3, -0.25) is 10.1 Å². The molecule has 17 heavy (non-hydrogen) atoms. The largest absolute Gasteiger partial charge is 0.383 e. The van der Waals surface area contributed by atoms with Gasteiger partial charge in [-0.1, -0.05) is 6.07 Å². The number of rotatable bonds is 7. The Bertz CT molecular complexity index is 327. The molecule has 0 spiro atoms. The lowest BCUT2D eigenvalue weighted by molar-refractivity contribution is -0.123. The van der Waals surface area contributed by atoms with Crippen LogP contribution in [0.2, 0.25) is 0 Å². The summed E-state index contributed by atoms with van der Waals surface area (Å²) in [5, 5.41) is 8.12. The summed E-state index contributed by atoms with van der Waals surface area (Å²) in [5.74, 6) is 0.00505. The fraction of sp³-hybridized carbons (Fsp3) is 0.583. The number of carbonyl (C=O) groups excluding carboxylic acids is 1. The number of ether oxygens (including phenoxy) is 1. The van der Waals surface area contributed by atoms with Gasteiger partial charge in [0.2, 0.25) is 5.91 Å². The molecule has 0 bridgehead atoms. The Kier molecular flexibility index (Phi) is 6.18. The van der Waals surface area contributed by atoms with E-state index in [1.165, 1.54) is 4.88 Å².